The topological polar surface area (TPSA) is 72.7 Å². The fraction of sp³-hybridized carbons (Fsp3) is 0.176. The van der Waals surface area contributed by atoms with Crippen molar-refractivity contribution in [1.82, 2.24) is 19.7 Å². The number of hydrogen-bond acceptors (Lipinski definition) is 5. The SMILES string of the molecule is O=C(Nc1ccc(-n2cncn2)nc1)[C@@H]1SCCc2ccccc21. The maximum atomic E-state index is 12.7. The number of hydrogen-bond donors (Lipinski definition) is 1. The zero-order chi connectivity index (χ0) is 16.4. The van der Waals surface area contributed by atoms with E-state index in [0.29, 0.717) is 11.5 Å². The van der Waals surface area contributed by atoms with Crippen LogP contribution in [0.4, 0.5) is 5.69 Å². The Morgan fingerprint density at radius 2 is 2.17 bits per heavy atom. The van der Waals surface area contributed by atoms with Gasteiger partial charge in [0.15, 0.2) is 5.82 Å². The van der Waals surface area contributed by atoms with Crippen LogP contribution in [0.2, 0.25) is 0 Å². The van der Waals surface area contributed by atoms with Gasteiger partial charge in [-0.2, -0.15) is 5.10 Å². The van der Waals surface area contributed by atoms with Gasteiger partial charge in [-0.25, -0.2) is 14.6 Å². The van der Waals surface area contributed by atoms with Gasteiger partial charge in [-0.3, -0.25) is 4.79 Å². The van der Waals surface area contributed by atoms with Gasteiger partial charge in [-0.15, -0.1) is 11.8 Å². The van der Waals surface area contributed by atoms with Crippen LogP contribution in [0, 0.1) is 0 Å². The fourth-order valence-electron chi connectivity index (χ4n) is 2.74. The molecule has 0 saturated carbocycles. The molecule has 3 heterocycles. The van der Waals surface area contributed by atoms with Gasteiger partial charge in [-0.1, -0.05) is 24.3 Å². The van der Waals surface area contributed by atoms with Crippen LogP contribution in [-0.2, 0) is 11.2 Å². The minimum atomic E-state index is -0.176. The number of carbonyl (C=O) groups excluding carboxylic acids is 1. The molecule has 0 spiro atoms. The summed E-state index contributed by atoms with van der Waals surface area (Å²) in [5, 5.41) is 6.81. The maximum absolute atomic E-state index is 12.7. The Balaban J connectivity index is 1.51. The third kappa shape index (κ3) is 2.90. The largest absolute Gasteiger partial charge is 0.323 e. The van der Waals surface area contributed by atoms with Crippen molar-refractivity contribution >= 4 is 23.4 Å². The number of aryl methyl sites for hydroxylation is 1. The van der Waals surface area contributed by atoms with Crippen LogP contribution in [0.15, 0.2) is 55.2 Å². The molecule has 2 aromatic heterocycles. The highest BCUT2D eigenvalue weighted by Crippen LogP contribution is 2.37. The molecule has 3 aromatic rings. The van der Waals surface area contributed by atoms with Gasteiger partial charge >= 0.3 is 0 Å². The molecule has 7 heteroatoms. The van der Waals surface area contributed by atoms with Crippen LogP contribution in [0.25, 0.3) is 5.82 Å². The van der Waals surface area contributed by atoms with E-state index in [1.807, 2.05) is 24.3 Å². The van der Waals surface area contributed by atoms with Crippen molar-refractivity contribution < 1.29 is 4.79 Å². The molecule has 1 amide bonds. The quantitative estimate of drug-likeness (QED) is 0.795. The first kappa shape index (κ1) is 14.9. The molecule has 1 aliphatic heterocycles. The van der Waals surface area contributed by atoms with Crippen LogP contribution in [-0.4, -0.2) is 31.4 Å². The van der Waals surface area contributed by atoms with Gasteiger partial charge in [-0.05, 0) is 35.4 Å². The van der Waals surface area contributed by atoms with Crippen molar-refractivity contribution in [2.45, 2.75) is 11.7 Å². The van der Waals surface area contributed by atoms with Crippen molar-refractivity contribution in [3.63, 3.8) is 0 Å². The number of thioether (sulfide) groups is 1. The van der Waals surface area contributed by atoms with E-state index in [4.69, 9.17) is 0 Å². The first-order chi connectivity index (χ1) is 11.8. The van der Waals surface area contributed by atoms with Crippen molar-refractivity contribution in [1.29, 1.82) is 0 Å². The number of amides is 1. The van der Waals surface area contributed by atoms with Crippen molar-refractivity contribution in [3.05, 3.63) is 66.4 Å². The van der Waals surface area contributed by atoms with Gasteiger partial charge in [0.1, 0.15) is 17.9 Å². The summed E-state index contributed by atoms with van der Waals surface area (Å²) in [5.74, 6) is 1.60. The lowest BCUT2D eigenvalue weighted by molar-refractivity contribution is -0.115. The number of nitrogens with one attached hydrogen (secondary N) is 1. The van der Waals surface area contributed by atoms with Crippen LogP contribution in [0.3, 0.4) is 0 Å². The minimum Gasteiger partial charge on any atom is -0.323 e. The third-order valence-corrected chi connectivity index (χ3v) is 5.14. The molecule has 4 rings (SSSR count). The van der Waals surface area contributed by atoms with Crippen molar-refractivity contribution in [3.8, 4) is 5.82 Å². The number of pyridine rings is 1. The average Bonchev–Trinajstić information content (AvgIpc) is 3.16. The molecule has 0 radical (unpaired) electrons. The summed E-state index contributed by atoms with van der Waals surface area (Å²) in [6.07, 6.45) is 5.68. The molecular formula is C17H15N5OS. The highest BCUT2D eigenvalue weighted by atomic mass is 32.2. The Bertz CT molecular complexity index is 848. The van der Waals surface area contributed by atoms with Gasteiger partial charge in [0.2, 0.25) is 5.91 Å². The number of fused-ring (bicyclic) bond motifs is 1. The minimum absolute atomic E-state index is 0.0116. The highest BCUT2D eigenvalue weighted by Gasteiger charge is 2.26. The highest BCUT2D eigenvalue weighted by molar-refractivity contribution is 8.00. The molecule has 0 unspecified atom stereocenters. The van der Waals surface area contributed by atoms with Gasteiger partial charge < -0.3 is 5.32 Å². The molecule has 0 bridgehead atoms. The lowest BCUT2D eigenvalue weighted by Crippen LogP contribution is -2.23. The fourth-order valence-corrected chi connectivity index (χ4v) is 3.93. The Morgan fingerprint density at radius 1 is 1.25 bits per heavy atom. The van der Waals surface area contributed by atoms with E-state index in [1.54, 1.807) is 35.0 Å². The van der Waals surface area contributed by atoms with Crippen LogP contribution in [0.5, 0.6) is 0 Å². The molecule has 1 aromatic carbocycles. The second kappa shape index (κ2) is 6.45. The van der Waals surface area contributed by atoms with E-state index >= 15 is 0 Å². The Hall–Kier alpha value is -2.67. The Morgan fingerprint density at radius 3 is 2.96 bits per heavy atom. The predicted octanol–water partition coefficient (Wildman–Crippen LogP) is 2.63. The number of anilines is 1. The lowest BCUT2D eigenvalue weighted by atomic mass is 10.0. The zero-order valence-electron chi connectivity index (χ0n) is 12.8. The zero-order valence-corrected chi connectivity index (χ0v) is 13.6. The van der Waals surface area contributed by atoms with E-state index in [-0.39, 0.29) is 11.2 Å². The molecule has 0 aliphatic carbocycles. The summed E-state index contributed by atoms with van der Waals surface area (Å²) in [6.45, 7) is 0. The summed E-state index contributed by atoms with van der Waals surface area (Å²) in [4.78, 5) is 20.9. The molecule has 1 atom stereocenters. The molecule has 120 valence electrons. The summed E-state index contributed by atoms with van der Waals surface area (Å²) in [7, 11) is 0. The molecular weight excluding hydrogens is 322 g/mol. The molecule has 1 N–H and O–H groups in total. The first-order valence-electron chi connectivity index (χ1n) is 7.62. The maximum Gasteiger partial charge on any atom is 0.242 e. The van der Waals surface area contributed by atoms with E-state index in [0.717, 1.165) is 17.7 Å². The third-order valence-electron chi connectivity index (χ3n) is 3.90. The second-order valence-corrected chi connectivity index (χ2v) is 6.65. The summed E-state index contributed by atoms with van der Waals surface area (Å²) < 4.78 is 1.57. The van der Waals surface area contributed by atoms with Crippen LogP contribution in [0.1, 0.15) is 16.4 Å². The normalized spacial score (nSPS) is 16.4. The molecule has 0 saturated heterocycles. The van der Waals surface area contributed by atoms with Crippen LogP contribution >= 0.6 is 11.8 Å². The Labute approximate surface area is 143 Å². The average molecular weight is 337 g/mol. The smallest absolute Gasteiger partial charge is 0.242 e. The van der Waals surface area contributed by atoms with Crippen molar-refractivity contribution in [2.75, 3.05) is 11.1 Å². The predicted molar refractivity (Wildman–Crippen MR) is 93.1 cm³/mol. The van der Waals surface area contributed by atoms with E-state index in [9.17, 15) is 4.79 Å². The molecule has 6 nitrogen and oxygen atoms in total. The Kier molecular flexibility index (Phi) is 4.00. The number of aromatic nitrogens is 4. The number of benzene rings is 1. The van der Waals surface area contributed by atoms with Crippen molar-refractivity contribution in [2.24, 2.45) is 0 Å². The molecule has 24 heavy (non-hydrogen) atoms. The van der Waals surface area contributed by atoms with E-state index in [1.165, 1.54) is 11.9 Å². The van der Waals surface area contributed by atoms with E-state index < -0.39 is 0 Å². The second-order valence-electron chi connectivity index (χ2n) is 5.43. The summed E-state index contributed by atoms with van der Waals surface area (Å²) >= 11 is 1.68. The number of rotatable bonds is 3. The number of nitrogens with zero attached hydrogens (tertiary/aromatic N) is 4. The van der Waals surface area contributed by atoms with Crippen LogP contribution < -0.4 is 5.32 Å². The molecule has 1 aliphatic rings. The van der Waals surface area contributed by atoms with Gasteiger partial charge in [0, 0.05) is 0 Å². The lowest BCUT2D eigenvalue weighted by Gasteiger charge is -2.24. The van der Waals surface area contributed by atoms with E-state index in [2.05, 4.69) is 26.4 Å². The number of carbonyl (C=O) groups is 1. The standard InChI is InChI=1S/C17H15N5OS/c23-17(16-14-4-2-1-3-12(14)7-8-24-16)21-13-5-6-15(19-9-13)22-11-18-10-20-22/h1-6,9-11,16H,7-8H2,(H,21,23)/t16-/m1/s1. The monoisotopic (exact) mass is 337 g/mol. The summed E-state index contributed by atoms with van der Waals surface area (Å²) in [5.41, 5.74) is 3.04. The molecule has 0 fully saturated rings. The van der Waals surface area contributed by atoms with Gasteiger partial charge in [0.25, 0.3) is 0 Å². The van der Waals surface area contributed by atoms with Gasteiger partial charge in [0.05, 0.1) is 11.9 Å². The summed E-state index contributed by atoms with van der Waals surface area (Å²) in [6, 6.07) is 11.8. The first-order valence-corrected chi connectivity index (χ1v) is 8.67.